The van der Waals surface area contributed by atoms with Gasteiger partial charge in [-0.15, -0.1) is 0 Å². The molecule has 0 bridgehead atoms. The van der Waals surface area contributed by atoms with Crippen molar-refractivity contribution in [2.45, 2.75) is 148 Å². The molecule has 0 spiro atoms. The quantitative estimate of drug-likeness (QED) is 0.0657. The summed E-state index contributed by atoms with van der Waals surface area (Å²) >= 11 is 0. The number of hydrogen-bond acceptors (Lipinski definition) is 6. The van der Waals surface area contributed by atoms with Gasteiger partial charge in [0.25, 0.3) is 17.7 Å². The molecule has 6 nitrogen and oxygen atoms in total. The minimum Gasteiger partial charge on any atom is -0.463 e. The van der Waals surface area contributed by atoms with Gasteiger partial charge in [0, 0.05) is 10.8 Å². The second kappa shape index (κ2) is 27.4. The van der Waals surface area contributed by atoms with Crippen LogP contribution in [-0.4, -0.2) is 58.7 Å². The van der Waals surface area contributed by atoms with Gasteiger partial charge in [0.2, 0.25) is 0 Å². The minimum atomic E-state index is -5.93. The zero-order chi connectivity index (χ0) is 62.6. The fourth-order valence-corrected chi connectivity index (χ4v) is 10.4. The molecule has 0 aromatic heterocycles. The molecule has 6 aromatic rings. The second-order valence-electron chi connectivity index (χ2n) is 20.2. The van der Waals surface area contributed by atoms with E-state index in [-0.39, 0.29) is 36.0 Å². The largest absolute Gasteiger partial charge is 0.463 e. The first-order valence-corrected chi connectivity index (χ1v) is 26.5. The number of halogens is 12. The van der Waals surface area contributed by atoms with Crippen molar-refractivity contribution in [3.05, 3.63) is 200 Å². The van der Waals surface area contributed by atoms with Crippen molar-refractivity contribution >= 4 is 24.8 Å². The predicted octanol–water partition coefficient (Wildman–Crippen LogP) is 17.5. The summed E-state index contributed by atoms with van der Waals surface area (Å²) in [5, 5.41) is 18.9. The van der Waals surface area contributed by atoms with E-state index in [1.54, 1.807) is 38.1 Å². The van der Waals surface area contributed by atoms with Crippen LogP contribution in [0.2, 0.25) is 0 Å². The normalized spacial score (nSPS) is 12.8. The van der Waals surface area contributed by atoms with Crippen LogP contribution in [0.15, 0.2) is 133 Å². The van der Waals surface area contributed by atoms with Crippen LogP contribution in [0.4, 0.5) is 52.7 Å². The van der Waals surface area contributed by atoms with Crippen LogP contribution in [0.1, 0.15) is 127 Å². The average molecular weight is 1170 g/mol. The highest BCUT2D eigenvalue weighted by Gasteiger charge is 2.70. The van der Waals surface area contributed by atoms with Crippen molar-refractivity contribution in [1.82, 2.24) is 0 Å². The predicted molar refractivity (Wildman–Crippen MR) is 296 cm³/mol. The van der Waals surface area contributed by atoms with Gasteiger partial charge in [0.15, 0.2) is 0 Å². The van der Waals surface area contributed by atoms with Gasteiger partial charge in [-0.1, -0.05) is 162 Å². The van der Waals surface area contributed by atoms with Crippen LogP contribution >= 0.6 is 0 Å². The molecule has 0 saturated heterocycles. The SMILES string of the molecule is CCC(CC)(c1ccc(/C=C/C(O)(C(F)(F)F)C(F)(F)F)c(C)c1)c1ccc(-c2cccc(COC=O)c2)c(C)c1.CCc1cccc(-c2ccc(C(CC)(CC)c3ccc(/C=C/C(O)(C(F)(F)F)C(F)(F)F)c(C)c3)cc2C)c1.O=C=O. The molecule has 0 unspecified atom stereocenters. The van der Waals surface area contributed by atoms with E-state index in [2.05, 4.69) is 70.2 Å². The molecule has 0 radical (unpaired) electrons. The molecule has 0 aliphatic rings. The Morgan fingerprint density at radius 3 is 1.05 bits per heavy atom. The Morgan fingerprint density at radius 1 is 0.446 bits per heavy atom. The number of rotatable bonds is 18. The average Bonchev–Trinajstić information content (AvgIpc) is 3.54. The minimum absolute atomic E-state index is 0.131. The Kier molecular flexibility index (Phi) is 22.5. The van der Waals surface area contributed by atoms with Gasteiger partial charge in [-0.3, -0.25) is 4.79 Å². The molecule has 6 rings (SSSR count). The summed E-state index contributed by atoms with van der Waals surface area (Å²) in [5.74, 6) is 0. The van der Waals surface area contributed by atoms with Crippen molar-refractivity contribution in [3.8, 4) is 22.3 Å². The topological polar surface area (TPSA) is 101 Å². The summed E-state index contributed by atoms with van der Waals surface area (Å²) in [4.78, 5) is 26.8. The highest BCUT2D eigenvalue weighted by molar-refractivity contribution is 5.70. The molecule has 18 heteroatoms. The highest BCUT2D eigenvalue weighted by atomic mass is 19.4. The van der Waals surface area contributed by atoms with E-state index in [1.165, 1.54) is 17.7 Å². The van der Waals surface area contributed by atoms with Crippen LogP contribution in [0.5, 0.6) is 0 Å². The smallest absolute Gasteiger partial charge is 0.430 e. The molecule has 83 heavy (non-hydrogen) atoms. The first kappa shape index (κ1) is 68.2. The van der Waals surface area contributed by atoms with E-state index in [9.17, 15) is 67.7 Å². The summed E-state index contributed by atoms with van der Waals surface area (Å²) in [7, 11) is 0. The fraction of sp³-hybridized carbons (Fsp3) is 0.354. The molecule has 0 heterocycles. The van der Waals surface area contributed by atoms with E-state index in [0.29, 0.717) is 42.6 Å². The highest BCUT2D eigenvalue weighted by Crippen LogP contribution is 2.47. The lowest BCUT2D eigenvalue weighted by molar-refractivity contribution is -0.348. The van der Waals surface area contributed by atoms with Crippen molar-refractivity contribution in [2.24, 2.45) is 0 Å². The lowest BCUT2D eigenvalue weighted by Crippen LogP contribution is -2.55. The summed E-state index contributed by atoms with van der Waals surface area (Å²) in [6, 6.07) is 38.6. The standard InChI is InChI=1S/C32H32F6O3.C32H34F6O.CO2/c1-5-29(6-2,27-12-13-28(22(4)17-27)25-9-7-8-23(18-25)19-41-20-39)26-11-10-24(21(3)16-26)14-15-30(40,31(33,34)35)32(36,37)38;1-6-23-10-9-11-25(20-23)28-15-14-27(19-22(28)5)29(7-2,8-3)26-13-12-24(21(4)18-26)16-17-30(39,31(33,34)35)32(36,37)38;2-1-3/h7-18,20,40H,5-6,19H2,1-4H3;9-20,39H,6-8H2,1-5H3;/b15-14+;17-16+;. The van der Waals surface area contributed by atoms with Crippen molar-refractivity contribution < 1.29 is 82.0 Å². The number of carbonyl (C=O) groups is 1. The molecule has 2 N–H and O–H groups in total. The van der Waals surface area contributed by atoms with Crippen LogP contribution in [-0.2, 0) is 43.0 Å². The fourth-order valence-electron chi connectivity index (χ4n) is 10.4. The Morgan fingerprint density at radius 2 is 0.759 bits per heavy atom. The third-order valence-electron chi connectivity index (χ3n) is 15.6. The molecular weight excluding hydrogens is 1100 g/mol. The summed E-state index contributed by atoms with van der Waals surface area (Å²) in [5.41, 5.74) is 2.88. The van der Waals surface area contributed by atoms with Crippen LogP contribution < -0.4 is 0 Å². The van der Waals surface area contributed by atoms with Gasteiger partial charge in [-0.25, -0.2) is 0 Å². The molecule has 0 amide bonds. The maximum absolute atomic E-state index is 13.1. The zero-order valence-corrected chi connectivity index (χ0v) is 47.2. The Bertz CT molecular complexity index is 3230. The van der Waals surface area contributed by atoms with E-state index < -0.39 is 46.7 Å². The first-order chi connectivity index (χ1) is 38.7. The maximum Gasteiger partial charge on any atom is 0.430 e. The van der Waals surface area contributed by atoms with Crippen molar-refractivity contribution in [1.29, 1.82) is 0 Å². The first-order valence-electron chi connectivity index (χ1n) is 26.5. The maximum atomic E-state index is 13.1. The van der Waals surface area contributed by atoms with Crippen molar-refractivity contribution in [3.63, 3.8) is 0 Å². The molecule has 0 saturated carbocycles. The number of benzene rings is 6. The number of aryl methyl sites for hydroxylation is 5. The lowest BCUT2D eigenvalue weighted by Gasteiger charge is -2.34. The molecule has 0 fully saturated rings. The van der Waals surface area contributed by atoms with Crippen molar-refractivity contribution in [2.75, 3.05) is 0 Å². The van der Waals surface area contributed by atoms with Gasteiger partial charge in [0.05, 0.1) is 0 Å². The van der Waals surface area contributed by atoms with Gasteiger partial charge in [0.1, 0.15) is 6.61 Å². The number of carbonyl (C=O) groups excluding carboxylic acids is 3. The zero-order valence-electron chi connectivity index (χ0n) is 47.2. The molecule has 0 atom stereocenters. The number of aliphatic hydroxyl groups is 2. The third kappa shape index (κ3) is 14.9. The number of alkyl halides is 12. The molecule has 446 valence electrons. The Labute approximate surface area is 475 Å². The number of ether oxygens (including phenoxy) is 1. The van der Waals surface area contributed by atoms with E-state index in [0.717, 1.165) is 80.5 Å². The van der Waals surface area contributed by atoms with Gasteiger partial charge >= 0.3 is 30.9 Å². The summed E-state index contributed by atoms with van der Waals surface area (Å²) in [6.45, 7) is 18.2. The van der Waals surface area contributed by atoms with Crippen LogP contribution in [0.3, 0.4) is 0 Å². The van der Waals surface area contributed by atoms with E-state index >= 15 is 0 Å². The second-order valence-corrected chi connectivity index (χ2v) is 20.2. The van der Waals surface area contributed by atoms with Crippen LogP contribution in [0, 0.1) is 27.7 Å². The van der Waals surface area contributed by atoms with E-state index in [1.807, 2.05) is 63.2 Å². The van der Waals surface area contributed by atoms with Gasteiger partial charge < -0.3 is 14.9 Å². The molecular formula is C65H66F12O6. The Balaban J connectivity index is 0.000000341. The summed E-state index contributed by atoms with van der Waals surface area (Å²) in [6.07, 6.45) is -18.7. The molecule has 0 aliphatic heterocycles. The lowest BCUT2D eigenvalue weighted by atomic mass is 9.69. The summed E-state index contributed by atoms with van der Waals surface area (Å²) < 4.78 is 162. The molecule has 6 aromatic carbocycles. The monoisotopic (exact) mass is 1170 g/mol. The number of hydrogen-bond donors (Lipinski definition) is 2. The van der Waals surface area contributed by atoms with Gasteiger partial charge in [-0.2, -0.15) is 62.3 Å². The van der Waals surface area contributed by atoms with E-state index in [4.69, 9.17) is 14.3 Å². The third-order valence-corrected chi connectivity index (χ3v) is 15.6. The molecule has 0 aliphatic carbocycles. The van der Waals surface area contributed by atoms with Gasteiger partial charge in [-0.05, 0) is 167 Å². The Hall–Kier alpha value is -7.27. The van der Waals surface area contributed by atoms with Crippen LogP contribution in [0.25, 0.3) is 34.4 Å².